The van der Waals surface area contributed by atoms with E-state index in [4.69, 9.17) is 0 Å². The smallest absolute Gasteiger partial charge is 0.255 e. The van der Waals surface area contributed by atoms with Crippen molar-refractivity contribution in [3.05, 3.63) is 89.6 Å². The van der Waals surface area contributed by atoms with E-state index in [2.05, 4.69) is 31.8 Å². The first-order valence-electron chi connectivity index (χ1n) is 10.6. The number of hydrogen-bond acceptors (Lipinski definition) is 2. The Bertz CT molecular complexity index is 1360. The Morgan fingerprint density at radius 1 is 0.879 bits per heavy atom. The van der Waals surface area contributed by atoms with E-state index in [0.717, 1.165) is 18.1 Å². The molecular formula is C28H23F3N2. The van der Waals surface area contributed by atoms with Crippen LogP contribution in [0.2, 0.25) is 0 Å². The predicted octanol–water partition coefficient (Wildman–Crippen LogP) is 8.05. The lowest BCUT2D eigenvalue weighted by atomic mass is 9.87. The molecule has 0 atom stereocenters. The van der Waals surface area contributed by atoms with Crippen LogP contribution in [-0.2, 0) is 12.6 Å². The molecule has 0 N–H and O–H groups in total. The third kappa shape index (κ3) is 4.90. The quantitative estimate of drug-likeness (QED) is 0.320. The predicted molar refractivity (Wildman–Crippen MR) is 125 cm³/mol. The van der Waals surface area contributed by atoms with Crippen molar-refractivity contribution in [3.63, 3.8) is 0 Å². The molecule has 1 heterocycles. The van der Waals surface area contributed by atoms with Crippen LogP contribution < -0.4 is 0 Å². The molecule has 0 aliphatic carbocycles. The molecule has 0 unspecified atom stereocenters. The highest BCUT2D eigenvalue weighted by atomic mass is 19.4. The maximum atomic E-state index is 13.8. The molecule has 0 amide bonds. The number of nitrogens with zero attached hydrogens (tertiary/aromatic N) is 2. The van der Waals surface area contributed by atoms with Crippen molar-refractivity contribution < 1.29 is 13.2 Å². The Morgan fingerprint density at radius 3 is 2.21 bits per heavy atom. The van der Waals surface area contributed by atoms with E-state index < -0.39 is 11.7 Å². The minimum Gasteiger partial charge on any atom is -0.255 e. The lowest BCUT2D eigenvalue weighted by molar-refractivity contribution is -0.136. The van der Waals surface area contributed by atoms with Gasteiger partial charge in [-0.1, -0.05) is 69.3 Å². The number of hydrogen-bond donors (Lipinski definition) is 0. The Hall–Kier alpha value is -3.65. The molecule has 5 heteroatoms. The second-order valence-electron chi connectivity index (χ2n) is 9.40. The van der Waals surface area contributed by atoms with Crippen LogP contribution >= 0.6 is 0 Å². The fraction of sp³-hybridized carbons (Fsp3) is 0.214. The van der Waals surface area contributed by atoms with E-state index in [1.54, 1.807) is 30.3 Å². The van der Waals surface area contributed by atoms with E-state index in [-0.39, 0.29) is 10.8 Å². The highest BCUT2D eigenvalue weighted by molar-refractivity contribution is 5.91. The summed E-state index contributed by atoms with van der Waals surface area (Å²) in [5.41, 5.74) is 3.22. The molecule has 3 aromatic carbocycles. The minimum absolute atomic E-state index is 0.148. The summed E-state index contributed by atoms with van der Waals surface area (Å²) in [6, 6.07) is 21.1. The summed E-state index contributed by atoms with van der Waals surface area (Å²) in [5, 5.41) is 10.2. The van der Waals surface area contributed by atoms with Crippen LogP contribution in [0.4, 0.5) is 13.2 Å². The van der Waals surface area contributed by atoms with Crippen LogP contribution in [0.25, 0.3) is 33.2 Å². The van der Waals surface area contributed by atoms with Gasteiger partial charge in [-0.2, -0.15) is 18.4 Å². The molecule has 166 valence electrons. The van der Waals surface area contributed by atoms with Crippen LogP contribution in [0.5, 0.6) is 0 Å². The van der Waals surface area contributed by atoms with Crippen LogP contribution in [0.3, 0.4) is 0 Å². The molecule has 33 heavy (non-hydrogen) atoms. The molecule has 0 spiro atoms. The van der Waals surface area contributed by atoms with Crippen molar-refractivity contribution in [1.82, 2.24) is 4.98 Å². The Balaban J connectivity index is 1.83. The van der Waals surface area contributed by atoms with Gasteiger partial charge in [0, 0.05) is 17.3 Å². The fourth-order valence-corrected chi connectivity index (χ4v) is 4.05. The fourth-order valence-electron chi connectivity index (χ4n) is 4.05. The van der Waals surface area contributed by atoms with Gasteiger partial charge in [-0.05, 0) is 51.9 Å². The maximum absolute atomic E-state index is 13.8. The van der Waals surface area contributed by atoms with Crippen LogP contribution in [-0.4, -0.2) is 4.98 Å². The van der Waals surface area contributed by atoms with Crippen LogP contribution in [0, 0.1) is 16.7 Å². The summed E-state index contributed by atoms with van der Waals surface area (Å²) >= 11 is 0. The van der Waals surface area contributed by atoms with Gasteiger partial charge in [0.2, 0.25) is 0 Å². The molecule has 0 radical (unpaired) electrons. The third-order valence-electron chi connectivity index (χ3n) is 5.49. The number of rotatable bonds is 3. The zero-order chi connectivity index (χ0) is 23.8. The van der Waals surface area contributed by atoms with Gasteiger partial charge < -0.3 is 0 Å². The molecule has 2 nitrogen and oxygen atoms in total. The zero-order valence-corrected chi connectivity index (χ0v) is 18.7. The van der Waals surface area contributed by atoms with Crippen molar-refractivity contribution in [2.75, 3.05) is 0 Å². The first-order chi connectivity index (χ1) is 15.5. The number of benzene rings is 3. The average molecular weight is 445 g/mol. The summed E-state index contributed by atoms with van der Waals surface area (Å²) in [4.78, 5) is 4.31. The Morgan fingerprint density at radius 2 is 1.58 bits per heavy atom. The number of aromatic nitrogens is 1. The van der Waals surface area contributed by atoms with Gasteiger partial charge in [-0.25, -0.2) is 0 Å². The molecule has 0 saturated heterocycles. The van der Waals surface area contributed by atoms with Crippen LogP contribution in [0.15, 0.2) is 72.9 Å². The van der Waals surface area contributed by atoms with E-state index in [0.29, 0.717) is 27.8 Å². The van der Waals surface area contributed by atoms with Crippen molar-refractivity contribution in [1.29, 1.82) is 5.26 Å². The van der Waals surface area contributed by atoms with Crippen molar-refractivity contribution in [2.45, 2.75) is 33.4 Å². The molecule has 4 aromatic rings. The monoisotopic (exact) mass is 444 g/mol. The lowest BCUT2D eigenvalue weighted by Gasteiger charge is -2.18. The first kappa shape index (κ1) is 22.5. The molecular weight excluding hydrogens is 421 g/mol. The van der Waals surface area contributed by atoms with E-state index >= 15 is 0 Å². The summed E-state index contributed by atoms with van der Waals surface area (Å²) in [6.45, 7) is 6.51. The topological polar surface area (TPSA) is 36.7 Å². The van der Waals surface area contributed by atoms with Crippen molar-refractivity contribution >= 4 is 10.8 Å². The molecule has 4 rings (SSSR count). The minimum atomic E-state index is -4.49. The summed E-state index contributed by atoms with van der Waals surface area (Å²) in [7, 11) is 0. The second kappa shape index (κ2) is 8.37. The number of nitriles is 1. The highest BCUT2D eigenvalue weighted by Crippen LogP contribution is 2.38. The van der Waals surface area contributed by atoms with Gasteiger partial charge in [0.25, 0.3) is 0 Å². The normalized spacial score (nSPS) is 12.0. The van der Waals surface area contributed by atoms with Crippen LogP contribution in [0.1, 0.15) is 37.5 Å². The van der Waals surface area contributed by atoms with Gasteiger partial charge in [0.05, 0.1) is 16.8 Å². The largest absolute Gasteiger partial charge is 0.417 e. The molecule has 0 fully saturated rings. The maximum Gasteiger partial charge on any atom is 0.417 e. The van der Waals surface area contributed by atoms with Gasteiger partial charge in [-0.15, -0.1) is 0 Å². The number of halogens is 3. The highest BCUT2D eigenvalue weighted by Gasteiger charge is 2.33. The Kier molecular flexibility index (Phi) is 5.71. The van der Waals surface area contributed by atoms with E-state index in [1.165, 1.54) is 17.8 Å². The van der Waals surface area contributed by atoms with Gasteiger partial charge >= 0.3 is 6.18 Å². The number of pyridine rings is 1. The van der Waals surface area contributed by atoms with E-state index in [9.17, 15) is 18.4 Å². The van der Waals surface area contributed by atoms with Crippen molar-refractivity contribution in [2.24, 2.45) is 5.41 Å². The molecule has 0 saturated carbocycles. The Labute approximate surface area is 191 Å². The number of alkyl halides is 3. The molecule has 0 bridgehead atoms. The first-order valence-corrected chi connectivity index (χ1v) is 10.6. The third-order valence-corrected chi connectivity index (χ3v) is 5.49. The molecule has 0 aliphatic heterocycles. The molecule has 0 aliphatic rings. The van der Waals surface area contributed by atoms with Gasteiger partial charge in [0.1, 0.15) is 6.07 Å². The SMILES string of the molecule is CC(C)(C)Cc1ccc(-c2cc(-c3cc(C(F)(F)F)c4ccccc4c3)ncc2C#N)cc1. The second-order valence-corrected chi connectivity index (χ2v) is 9.40. The van der Waals surface area contributed by atoms with E-state index in [1.807, 2.05) is 24.3 Å². The summed E-state index contributed by atoms with van der Waals surface area (Å²) in [6.07, 6.45) is -2.15. The standard InChI is InChI=1S/C28H23F3N2/c1-27(2,3)15-18-8-10-19(11-9-18)24-14-26(33-17-22(24)16-32)21-12-20-6-4-5-7-23(20)25(13-21)28(29,30)31/h4-14,17H,15H2,1-3H3. The zero-order valence-electron chi connectivity index (χ0n) is 18.7. The molecule has 1 aromatic heterocycles. The summed E-state index contributed by atoms with van der Waals surface area (Å²) < 4.78 is 41.3. The summed E-state index contributed by atoms with van der Waals surface area (Å²) in [5.74, 6) is 0. The van der Waals surface area contributed by atoms with Gasteiger partial charge in [0.15, 0.2) is 0 Å². The number of fused-ring (bicyclic) bond motifs is 1. The van der Waals surface area contributed by atoms with Gasteiger partial charge in [-0.3, -0.25) is 4.98 Å². The van der Waals surface area contributed by atoms with Crippen molar-refractivity contribution in [3.8, 4) is 28.5 Å². The average Bonchev–Trinajstić information content (AvgIpc) is 2.76. The lowest BCUT2D eigenvalue weighted by Crippen LogP contribution is -2.08.